The summed E-state index contributed by atoms with van der Waals surface area (Å²) in [6, 6.07) is 10.1. The van der Waals surface area contributed by atoms with Crippen LogP contribution in [0.4, 0.5) is 0 Å². The van der Waals surface area contributed by atoms with Crippen LogP contribution in [-0.2, 0) is 4.74 Å². The molecule has 1 aliphatic carbocycles. The van der Waals surface area contributed by atoms with Crippen molar-refractivity contribution < 1.29 is 9.53 Å². The molecule has 5 heteroatoms. The molecule has 1 fully saturated rings. The van der Waals surface area contributed by atoms with Crippen molar-refractivity contribution in [2.75, 3.05) is 20.3 Å². The number of amides is 1. The summed E-state index contributed by atoms with van der Waals surface area (Å²) in [5.41, 5.74) is 3.81. The van der Waals surface area contributed by atoms with Crippen LogP contribution in [0.15, 0.2) is 30.3 Å². The third-order valence-corrected chi connectivity index (χ3v) is 3.84. The lowest BCUT2D eigenvalue weighted by atomic mass is 10.2. The Kier molecular flexibility index (Phi) is 4.24. The second-order valence-electron chi connectivity index (χ2n) is 5.72. The molecule has 0 aliphatic heterocycles. The van der Waals surface area contributed by atoms with Gasteiger partial charge in [0.2, 0.25) is 0 Å². The van der Waals surface area contributed by atoms with E-state index in [-0.39, 0.29) is 5.91 Å². The maximum Gasteiger partial charge on any atom is 0.271 e. The molecular formula is C17H21N3O2. The molecule has 22 heavy (non-hydrogen) atoms. The number of nitrogens with zero attached hydrogens (tertiary/aromatic N) is 2. The van der Waals surface area contributed by atoms with Crippen molar-refractivity contribution >= 4 is 5.91 Å². The molecule has 5 nitrogen and oxygen atoms in total. The molecule has 0 radical (unpaired) electrons. The van der Waals surface area contributed by atoms with Crippen LogP contribution in [0.1, 0.15) is 40.5 Å². The van der Waals surface area contributed by atoms with Crippen molar-refractivity contribution in [2.24, 2.45) is 0 Å². The summed E-state index contributed by atoms with van der Waals surface area (Å²) >= 11 is 0. The zero-order chi connectivity index (χ0) is 15.5. The first kappa shape index (κ1) is 14.8. The van der Waals surface area contributed by atoms with Crippen molar-refractivity contribution in [1.82, 2.24) is 15.1 Å². The molecule has 1 saturated carbocycles. The predicted octanol–water partition coefficient (Wildman–Crippen LogP) is 2.43. The minimum atomic E-state index is -0.148. The Hall–Kier alpha value is -2.14. The topological polar surface area (TPSA) is 56.1 Å². The van der Waals surface area contributed by atoms with Crippen LogP contribution in [0.3, 0.4) is 0 Å². The zero-order valence-corrected chi connectivity index (χ0v) is 13.0. The average Bonchev–Trinajstić information content (AvgIpc) is 3.27. The van der Waals surface area contributed by atoms with E-state index >= 15 is 0 Å². The Morgan fingerprint density at radius 3 is 2.73 bits per heavy atom. The molecular weight excluding hydrogens is 278 g/mol. The van der Waals surface area contributed by atoms with Gasteiger partial charge < -0.3 is 10.1 Å². The fourth-order valence-electron chi connectivity index (χ4n) is 2.43. The van der Waals surface area contributed by atoms with Gasteiger partial charge >= 0.3 is 0 Å². The number of hydrogen-bond acceptors (Lipinski definition) is 3. The monoisotopic (exact) mass is 299 g/mol. The number of carbonyl (C=O) groups is 1. The van der Waals surface area contributed by atoms with Gasteiger partial charge in [0.1, 0.15) is 0 Å². The van der Waals surface area contributed by atoms with E-state index in [4.69, 9.17) is 4.74 Å². The molecule has 1 N–H and O–H groups in total. The normalized spacial score (nSPS) is 14.1. The number of ether oxygens (including phenoxy) is 1. The molecule has 116 valence electrons. The highest BCUT2D eigenvalue weighted by atomic mass is 16.5. The van der Waals surface area contributed by atoms with Crippen LogP contribution in [0.25, 0.3) is 5.69 Å². The number of hydrogen-bond donors (Lipinski definition) is 1. The fourth-order valence-corrected chi connectivity index (χ4v) is 2.43. The molecule has 0 saturated heterocycles. The number of benzene rings is 1. The maximum absolute atomic E-state index is 12.2. The first-order valence-corrected chi connectivity index (χ1v) is 7.63. The molecule has 0 spiro atoms. The maximum atomic E-state index is 12.2. The SMILES string of the molecule is COCCNC(=O)c1cc(C2CC2)n(-c2ccc(C)cc2)n1. The number of nitrogens with one attached hydrogen (secondary N) is 1. The first-order valence-electron chi connectivity index (χ1n) is 7.63. The summed E-state index contributed by atoms with van der Waals surface area (Å²) in [6.45, 7) is 3.05. The van der Waals surface area contributed by atoms with Gasteiger partial charge in [0.25, 0.3) is 5.91 Å². The van der Waals surface area contributed by atoms with Crippen LogP contribution in [0, 0.1) is 6.92 Å². The molecule has 1 aliphatic rings. The predicted molar refractivity (Wildman–Crippen MR) is 84.5 cm³/mol. The van der Waals surface area contributed by atoms with Crippen molar-refractivity contribution in [1.29, 1.82) is 0 Å². The van der Waals surface area contributed by atoms with Crippen LogP contribution < -0.4 is 5.32 Å². The molecule has 1 heterocycles. The molecule has 3 rings (SSSR count). The van der Waals surface area contributed by atoms with E-state index in [1.54, 1.807) is 7.11 Å². The van der Waals surface area contributed by atoms with Gasteiger partial charge in [0.15, 0.2) is 5.69 Å². The number of aryl methyl sites for hydroxylation is 1. The highest BCUT2D eigenvalue weighted by Crippen LogP contribution is 2.41. The van der Waals surface area contributed by atoms with E-state index in [0.717, 1.165) is 11.4 Å². The molecule has 0 unspecified atom stereocenters. The van der Waals surface area contributed by atoms with E-state index in [2.05, 4.69) is 29.5 Å². The second kappa shape index (κ2) is 6.32. The van der Waals surface area contributed by atoms with Gasteiger partial charge in [-0.1, -0.05) is 17.7 Å². The summed E-state index contributed by atoms with van der Waals surface area (Å²) in [6.07, 6.45) is 2.34. The van der Waals surface area contributed by atoms with E-state index in [0.29, 0.717) is 24.8 Å². The molecule has 1 aromatic carbocycles. The number of aromatic nitrogens is 2. The van der Waals surface area contributed by atoms with E-state index in [1.807, 2.05) is 22.9 Å². The highest BCUT2D eigenvalue weighted by molar-refractivity contribution is 5.92. The van der Waals surface area contributed by atoms with E-state index in [1.165, 1.54) is 18.4 Å². The number of carbonyl (C=O) groups excluding carboxylic acids is 1. The Labute approximate surface area is 130 Å². The second-order valence-corrected chi connectivity index (χ2v) is 5.72. The van der Waals surface area contributed by atoms with Crippen molar-refractivity contribution in [3.05, 3.63) is 47.3 Å². The Morgan fingerprint density at radius 1 is 1.36 bits per heavy atom. The summed E-state index contributed by atoms with van der Waals surface area (Å²) in [7, 11) is 1.61. The fraction of sp³-hybridized carbons (Fsp3) is 0.412. The van der Waals surface area contributed by atoms with Crippen molar-refractivity contribution in [3.8, 4) is 5.69 Å². The first-order chi connectivity index (χ1) is 10.7. The summed E-state index contributed by atoms with van der Waals surface area (Å²) in [5.74, 6) is 0.374. The van der Waals surface area contributed by atoms with Gasteiger partial charge in [0, 0.05) is 25.3 Å². The van der Waals surface area contributed by atoms with E-state index in [9.17, 15) is 4.79 Å². The van der Waals surface area contributed by atoms with Gasteiger partial charge in [-0.05, 0) is 38.0 Å². The standard InChI is InChI=1S/C17H21N3O2/c1-12-3-7-14(8-4-12)20-16(13-5-6-13)11-15(19-20)17(21)18-9-10-22-2/h3-4,7-8,11,13H,5-6,9-10H2,1-2H3,(H,18,21). The van der Waals surface area contributed by atoms with Crippen molar-refractivity contribution in [3.63, 3.8) is 0 Å². The van der Waals surface area contributed by atoms with Gasteiger partial charge in [-0.2, -0.15) is 5.10 Å². The summed E-state index contributed by atoms with van der Waals surface area (Å²) in [5, 5.41) is 7.33. The molecule has 1 amide bonds. The molecule has 0 bridgehead atoms. The lowest BCUT2D eigenvalue weighted by Gasteiger charge is -2.06. The van der Waals surface area contributed by atoms with Gasteiger partial charge in [-0.15, -0.1) is 0 Å². The Morgan fingerprint density at radius 2 is 2.09 bits per heavy atom. The van der Waals surface area contributed by atoms with Crippen LogP contribution in [-0.4, -0.2) is 35.9 Å². The van der Waals surface area contributed by atoms with Gasteiger partial charge in [-0.3, -0.25) is 4.79 Å². The molecule has 1 aromatic heterocycles. The van der Waals surface area contributed by atoms with Crippen molar-refractivity contribution in [2.45, 2.75) is 25.7 Å². The van der Waals surface area contributed by atoms with Gasteiger partial charge in [0.05, 0.1) is 12.3 Å². The third-order valence-electron chi connectivity index (χ3n) is 3.84. The molecule has 0 atom stereocenters. The lowest BCUT2D eigenvalue weighted by molar-refractivity contribution is 0.0931. The summed E-state index contributed by atoms with van der Waals surface area (Å²) < 4.78 is 6.85. The van der Waals surface area contributed by atoms with Gasteiger partial charge in [-0.25, -0.2) is 4.68 Å². The highest BCUT2D eigenvalue weighted by Gasteiger charge is 2.29. The van der Waals surface area contributed by atoms with Crippen LogP contribution in [0.2, 0.25) is 0 Å². The summed E-state index contributed by atoms with van der Waals surface area (Å²) in [4.78, 5) is 12.2. The zero-order valence-electron chi connectivity index (χ0n) is 13.0. The minimum Gasteiger partial charge on any atom is -0.383 e. The number of methoxy groups -OCH3 is 1. The smallest absolute Gasteiger partial charge is 0.271 e. The third kappa shape index (κ3) is 3.20. The quantitative estimate of drug-likeness (QED) is 0.834. The Bertz CT molecular complexity index is 657. The Balaban J connectivity index is 1.86. The minimum absolute atomic E-state index is 0.148. The number of rotatable bonds is 6. The molecule has 2 aromatic rings. The largest absolute Gasteiger partial charge is 0.383 e. The van der Waals surface area contributed by atoms with Crippen LogP contribution in [0.5, 0.6) is 0 Å². The lowest BCUT2D eigenvalue weighted by Crippen LogP contribution is -2.27. The average molecular weight is 299 g/mol. The van der Waals surface area contributed by atoms with E-state index < -0.39 is 0 Å². The van der Waals surface area contributed by atoms with Crippen LogP contribution >= 0.6 is 0 Å².